The van der Waals surface area contributed by atoms with Gasteiger partial charge in [0.2, 0.25) is 0 Å². The second-order valence-corrected chi connectivity index (χ2v) is 4.67. The largest absolute Gasteiger partial charge is 0.381 e. The molecule has 3 rings (SSSR count). The van der Waals surface area contributed by atoms with E-state index in [0.29, 0.717) is 11.9 Å². The first kappa shape index (κ1) is 13.8. The molecule has 1 aromatic heterocycles. The second-order valence-electron chi connectivity index (χ2n) is 4.67. The Morgan fingerprint density at radius 3 is 2.63 bits per heavy atom. The molecular weight excluding hydrogens is 262 g/mol. The summed E-state index contributed by atoms with van der Waals surface area (Å²) in [5, 5.41) is 3.36. The molecule has 2 heterocycles. The lowest BCUT2D eigenvalue weighted by molar-refractivity contribution is 0.498. The number of fused-ring (bicyclic) bond motifs is 1. The van der Waals surface area contributed by atoms with E-state index in [4.69, 9.17) is 5.73 Å². The smallest absolute Gasteiger partial charge is 0.172 e. The predicted octanol–water partition coefficient (Wildman–Crippen LogP) is 1.43. The molecule has 1 aliphatic heterocycles. The van der Waals surface area contributed by atoms with Gasteiger partial charge in [0.25, 0.3) is 0 Å². The highest BCUT2D eigenvalue weighted by Crippen LogP contribution is 2.24. The maximum atomic E-state index is 6.04. The Bertz CT molecular complexity index is 574. The standard InChI is InChI=1S/C13H17N5.ClH/c1-9-8-15-6-7-18(9)13-12(14)16-10-4-2-3-5-11(10)17-13;/h2-5,9,15H,6-8H2,1H3,(H2,14,16);1H. The van der Waals surface area contributed by atoms with Crippen molar-refractivity contribution in [1.29, 1.82) is 0 Å². The van der Waals surface area contributed by atoms with Gasteiger partial charge in [0.15, 0.2) is 11.6 Å². The molecule has 1 aliphatic rings. The number of benzene rings is 1. The summed E-state index contributed by atoms with van der Waals surface area (Å²) in [6.07, 6.45) is 0. The average Bonchev–Trinajstić information content (AvgIpc) is 2.39. The van der Waals surface area contributed by atoms with E-state index in [9.17, 15) is 0 Å². The lowest BCUT2D eigenvalue weighted by Gasteiger charge is -2.35. The van der Waals surface area contributed by atoms with Crippen molar-refractivity contribution < 1.29 is 0 Å². The second kappa shape index (κ2) is 5.59. The lowest BCUT2D eigenvalue weighted by Crippen LogP contribution is -2.50. The molecule has 0 saturated carbocycles. The first-order chi connectivity index (χ1) is 8.75. The molecule has 5 nitrogen and oxygen atoms in total. The zero-order valence-corrected chi connectivity index (χ0v) is 11.7. The van der Waals surface area contributed by atoms with E-state index in [-0.39, 0.29) is 12.4 Å². The molecule has 1 fully saturated rings. The fourth-order valence-electron chi connectivity index (χ4n) is 2.37. The van der Waals surface area contributed by atoms with Gasteiger partial charge in [-0.2, -0.15) is 0 Å². The van der Waals surface area contributed by atoms with E-state index >= 15 is 0 Å². The minimum Gasteiger partial charge on any atom is -0.381 e. The fraction of sp³-hybridized carbons (Fsp3) is 0.385. The van der Waals surface area contributed by atoms with Crippen molar-refractivity contribution >= 4 is 35.1 Å². The molecule has 0 radical (unpaired) electrons. The van der Waals surface area contributed by atoms with Gasteiger partial charge in [0.05, 0.1) is 11.0 Å². The van der Waals surface area contributed by atoms with Gasteiger partial charge < -0.3 is 16.0 Å². The molecular formula is C13H18ClN5. The maximum Gasteiger partial charge on any atom is 0.172 e. The Balaban J connectivity index is 0.00000133. The van der Waals surface area contributed by atoms with Crippen LogP contribution >= 0.6 is 12.4 Å². The summed E-state index contributed by atoms with van der Waals surface area (Å²) >= 11 is 0. The van der Waals surface area contributed by atoms with Crippen LogP contribution in [0, 0.1) is 0 Å². The molecule has 0 amide bonds. The summed E-state index contributed by atoms with van der Waals surface area (Å²) in [5.74, 6) is 1.32. The zero-order chi connectivity index (χ0) is 12.5. The third-order valence-electron chi connectivity index (χ3n) is 3.35. The van der Waals surface area contributed by atoms with Crippen molar-refractivity contribution in [3.63, 3.8) is 0 Å². The van der Waals surface area contributed by atoms with Gasteiger partial charge in [0.1, 0.15) is 0 Å². The first-order valence-corrected chi connectivity index (χ1v) is 6.25. The quantitative estimate of drug-likeness (QED) is 0.827. The third-order valence-corrected chi connectivity index (χ3v) is 3.35. The summed E-state index contributed by atoms with van der Waals surface area (Å²) < 4.78 is 0. The Kier molecular flexibility index (Phi) is 4.07. The minimum atomic E-state index is 0. The first-order valence-electron chi connectivity index (χ1n) is 6.25. The molecule has 1 unspecified atom stereocenters. The molecule has 3 N–H and O–H groups in total. The Morgan fingerprint density at radius 2 is 1.95 bits per heavy atom. The molecule has 1 aromatic carbocycles. The fourth-order valence-corrected chi connectivity index (χ4v) is 2.37. The normalized spacial score (nSPS) is 19.2. The molecule has 0 bridgehead atoms. The maximum absolute atomic E-state index is 6.04. The van der Waals surface area contributed by atoms with Gasteiger partial charge in [-0.15, -0.1) is 12.4 Å². The van der Waals surface area contributed by atoms with Gasteiger partial charge in [-0.05, 0) is 19.1 Å². The van der Waals surface area contributed by atoms with Gasteiger partial charge in [-0.1, -0.05) is 12.1 Å². The number of hydrogen-bond acceptors (Lipinski definition) is 5. The monoisotopic (exact) mass is 279 g/mol. The minimum absolute atomic E-state index is 0. The van der Waals surface area contributed by atoms with E-state index in [2.05, 4.69) is 27.1 Å². The van der Waals surface area contributed by atoms with Crippen LogP contribution in [0.15, 0.2) is 24.3 Å². The van der Waals surface area contributed by atoms with Gasteiger partial charge in [-0.3, -0.25) is 0 Å². The van der Waals surface area contributed by atoms with Crippen molar-refractivity contribution in [2.75, 3.05) is 30.3 Å². The van der Waals surface area contributed by atoms with Crippen LogP contribution in [0.2, 0.25) is 0 Å². The number of hydrogen-bond donors (Lipinski definition) is 2. The van der Waals surface area contributed by atoms with E-state index in [1.807, 2.05) is 24.3 Å². The summed E-state index contributed by atoms with van der Waals surface area (Å²) in [6.45, 7) is 4.99. The van der Waals surface area contributed by atoms with Crippen molar-refractivity contribution in [3.8, 4) is 0 Å². The van der Waals surface area contributed by atoms with Crippen LogP contribution in [0.1, 0.15) is 6.92 Å². The topological polar surface area (TPSA) is 67.1 Å². The summed E-state index contributed by atoms with van der Waals surface area (Å²) in [5.41, 5.74) is 7.79. The number of anilines is 2. The third kappa shape index (κ3) is 2.57. The van der Waals surface area contributed by atoms with Crippen molar-refractivity contribution in [1.82, 2.24) is 15.3 Å². The summed E-state index contributed by atoms with van der Waals surface area (Å²) in [7, 11) is 0. The molecule has 2 aromatic rings. The Morgan fingerprint density at radius 1 is 1.26 bits per heavy atom. The van der Waals surface area contributed by atoms with Crippen LogP contribution in [-0.4, -0.2) is 35.6 Å². The van der Waals surface area contributed by atoms with Crippen molar-refractivity contribution in [3.05, 3.63) is 24.3 Å². The van der Waals surface area contributed by atoms with E-state index in [0.717, 1.165) is 36.5 Å². The number of halogens is 1. The van der Waals surface area contributed by atoms with Crippen LogP contribution in [0.5, 0.6) is 0 Å². The molecule has 19 heavy (non-hydrogen) atoms. The highest BCUT2D eigenvalue weighted by Gasteiger charge is 2.22. The lowest BCUT2D eigenvalue weighted by atomic mass is 10.2. The number of aromatic nitrogens is 2. The Labute approximate surface area is 118 Å². The molecule has 6 heteroatoms. The van der Waals surface area contributed by atoms with E-state index in [1.54, 1.807) is 0 Å². The highest BCUT2D eigenvalue weighted by atomic mass is 35.5. The van der Waals surface area contributed by atoms with E-state index in [1.165, 1.54) is 0 Å². The number of para-hydroxylation sites is 2. The molecule has 0 spiro atoms. The SMILES string of the molecule is CC1CNCCN1c1nc2ccccc2nc1N.Cl. The van der Waals surface area contributed by atoms with E-state index < -0.39 is 0 Å². The van der Waals surface area contributed by atoms with Crippen LogP contribution in [0.3, 0.4) is 0 Å². The van der Waals surface area contributed by atoms with Gasteiger partial charge >= 0.3 is 0 Å². The van der Waals surface area contributed by atoms with Crippen LogP contribution in [0.4, 0.5) is 11.6 Å². The molecule has 102 valence electrons. The van der Waals surface area contributed by atoms with Crippen LogP contribution in [0.25, 0.3) is 11.0 Å². The van der Waals surface area contributed by atoms with Gasteiger partial charge in [0, 0.05) is 25.7 Å². The number of piperazine rings is 1. The van der Waals surface area contributed by atoms with Crippen LogP contribution < -0.4 is 16.0 Å². The number of nitrogens with one attached hydrogen (secondary N) is 1. The molecule has 1 atom stereocenters. The molecule has 1 saturated heterocycles. The van der Waals surface area contributed by atoms with Gasteiger partial charge in [-0.25, -0.2) is 9.97 Å². The zero-order valence-electron chi connectivity index (χ0n) is 10.8. The van der Waals surface area contributed by atoms with Crippen molar-refractivity contribution in [2.24, 2.45) is 0 Å². The van der Waals surface area contributed by atoms with Crippen LogP contribution in [-0.2, 0) is 0 Å². The Hall–Kier alpha value is -1.59. The summed E-state index contributed by atoms with van der Waals surface area (Å²) in [4.78, 5) is 11.3. The van der Waals surface area contributed by atoms with Crippen molar-refractivity contribution in [2.45, 2.75) is 13.0 Å². The number of nitrogens with two attached hydrogens (primary N) is 1. The average molecular weight is 280 g/mol. The predicted molar refractivity (Wildman–Crippen MR) is 80.9 cm³/mol. The highest BCUT2D eigenvalue weighted by molar-refractivity contribution is 5.85. The number of rotatable bonds is 1. The number of nitrogen functional groups attached to an aromatic ring is 1. The summed E-state index contributed by atoms with van der Waals surface area (Å²) in [6, 6.07) is 8.21. The molecule has 0 aliphatic carbocycles. The number of nitrogens with zero attached hydrogens (tertiary/aromatic N) is 3.